The number of epoxide rings is 1. The van der Waals surface area contributed by atoms with Gasteiger partial charge in [0.25, 0.3) is 11.8 Å². The molecule has 2 N–H and O–H groups in total. The Bertz CT molecular complexity index is 740. The van der Waals surface area contributed by atoms with Gasteiger partial charge in [-0.3, -0.25) is 9.59 Å². The second-order valence-corrected chi connectivity index (χ2v) is 5.64. The summed E-state index contributed by atoms with van der Waals surface area (Å²) in [5.74, 6) is -0.810. The van der Waals surface area contributed by atoms with Crippen LogP contribution in [0.4, 0.5) is 10.1 Å². The van der Waals surface area contributed by atoms with Crippen LogP contribution in [0.1, 0.15) is 28.9 Å². The van der Waals surface area contributed by atoms with Crippen LogP contribution >= 0.6 is 0 Å². The number of carbonyl (C=O) groups is 2. The molecule has 0 radical (unpaired) electrons. The third-order valence-electron chi connectivity index (χ3n) is 3.76. The predicted molar refractivity (Wildman–Crippen MR) is 87.1 cm³/mol. The lowest BCUT2D eigenvalue weighted by molar-refractivity contribution is -0.122. The smallest absolute Gasteiger partial charge is 0.255 e. The molecule has 0 aliphatic carbocycles. The Morgan fingerprint density at radius 3 is 2.33 bits per heavy atom. The highest BCUT2D eigenvalue weighted by Crippen LogP contribution is 2.18. The summed E-state index contributed by atoms with van der Waals surface area (Å²) >= 11 is 0. The van der Waals surface area contributed by atoms with Crippen molar-refractivity contribution in [2.24, 2.45) is 0 Å². The van der Waals surface area contributed by atoms with E-state index in [-0.39, 0.29) is 29.8 Å². The zero-order valence-electron chi connectivity index (χ0n) is 13.1. The van der Waals surface area contributed by atoms with Crippen molar-refractivity contribution in [3.8, 4) is 0 Å². The zero-order valence-corrected chi connectivity index (χ0v) is 13.1. The first-order valence-electron chi connectivity index (χ1n) is 7.62. The molecule has 2 aromatic carbocycles. The van der Waals surface area contributed by atoms with Crippen molar-refractivity contribution in [3.05, 3.63) is 65.5 Å². The molecule has 2 atom stereocenters. The summed E-state index contributed by atoms with van der Waals surface area (Å²) in [4.78, 5) is 23.7. The molecule has 2 unspecified atom stereocenters. The van der Waals surface area contributed by atoms with Crippen molar-refractivity contribution < 1.29 is 18.7 Å². The van der Waals surface area contributed by atoms with Gasteiger partial charge in [0.05, 0.1) is 12.6 Å². The topological polar surface area (TPSA) is 70.7 Å². The lowest BCUT2D eigenvalue weighted by atomic mass is 10.1. The first-order chi connectivity index (χ1) is 11.5. The van der Waals surface area contributed by atoms with E-state index in [1.807, 2.05) is 19.1 Å². The van der Waals surface area contributed by atoms with E-state index >= 15 is 0 Å². The minimum absolute atomic E-state index is 0.115. The Labute approximate surface area is 138 Å². The number of rotatable bonds is 5. The highest BCUT2D eigenvalue weighted by atomic mass is 19.1. The van der Waals surface area contributed by atoms with Gasteiger partial charge in [-0.2, -0.15) is 0 Å². The van der Waals surface area contributed by atoms with Crippen LogP contribution < -0.4 is 10.6 Å². The average molecular weight is 328 g/mol. The average Bonchev–Trinajstić information content (AvgIpc) is 3.41. The minimum atomic E-state index is -0.386. The van der Waals surface area contributed by atoms with E-state index in [9.17, 15) is 14.0 Å². The van der Waals surface area contributed by atoms with E-state index in [4.69, 9.17) is 4.74 Å². The largest absolute Gasteiger partial charge is 0.363 e. The number of hydrogen-bond acceptors (Lipinski definition) is 3. The summed E-state index contributed by atoms with van der Waals surface area (Å²) in [5.41, 5.74) is 1.92. The van der Waals surface area contributed by atoms with Crippen LogP contribution in [0.3, 0.4) is 0 Å². The molecule has 1 fully saturated rings. The molecule has 3 rings (SSSR count). The second kappa shape index (κ2) is 6.80. The van der Waals surface area contributed by atoms with E-state index in [0.717, 1.165) is 5.56 Å². The fraction of sp³-hybridized carbons (Fsp3) is 0.222. The third-order valence-corrected chi connectivity index (χ3v) is 3.76. The number of amides is 2. The Morgan fingerprint density at radius 1 is 1.12 bits per heavy atom. The number of benzene rings is 2. The predicted octanol–water partition coefficient (Wildman–Crippen LogP) is 2.65. The zero-order chi connectivity index (χ0) is 17.1. The van der Waals surface area contributed by atoms with Gasteiger partial charge in [0.2, 0.25) is 0 Å². The van der Waals surface area contributed by atoms with Crippen LogP contribution in [0.2, 0.25) is 0 Å². The van der Waals surface area contributed by atoms with Crippen molar-refractivity contribution >= 4 is 17.5 Å². The second-order valence-electron chi connectivity index (χ2n) is 5.64. The molecule has 0 bridgehead atoms. The number of halogens is 1. The molecular formula is C18H17FN2O3. The molecule has 1 aliphatic heterocycles. The number of nitrogens with one attached hydrogen (secondary N) is 2. The van der Waals surface area contributed by atoms with E-state index < -0.39 is 0 Å². The maximum atomic E-state index is 12.9. The lowest BCUT2D eigenvalue weighted by Crippen LogP contribution is -2.30. The van der Waals surface area contributed by atoms with Gasteiger partial charge in [0.15, 0.2) is 6.10 Å². The molecule has 24 heavy (non-hydrogen) atoms. The monoisotopic (exact) mass is 328 g/mol. The maximum absolute atomic E-state index is 12.9. The van der Waals surface area contributed by atoms with Crippen LogP contribution in [-0.2, 0) is 9.53 Å². The van der Waals surface area contributed by atoms with Gasteiger partial charge in [-0.25, -0.2) is 4.39 Å². The standard InChI is InChI=1S/C18H17FN2O3/c1-11(20-18(23)16-10-24-16)12-4-8-15(9-5-12)21-17(22)13-2-6-14(19)7-3-13/h2-9,11,16H,10H2,1H3,(H,20,23)(H,21,22). The Hall–Kier alpha value is -2.73. The van der Waals surface area contributed by atoms with Gasteiger partial charge in [-0.1, -0.05) is 12.1 Å². The van der Waals surface area contributed by atoms with E-state index in [1.54, 1.807) is 12.1 Å². The highest BCUT2D eigenvalue weighted by molar-refractivity contribution is 6.04. The number of anilines is 1. The molecule has 5 nitrogen and oxygen atoms in total. The first-order valence-corrected chi connectivity index (χ1v) is 7.62. The molecule has 2 amide bonds. The number of ether oxygens (including phenoxy) is 1. The Kier molecular flexibility index (Phi) is 4.57. The molecule has 1 aliphatic rings. The summed E-state index contributed by atoms with van der Waals surface area (Å²) < 4.78 is 17.8. The van der Waals surface area contributed by atoms with Crippen LogP contribution in [0, 0.1) is 5.82 Å². The molecule has 0 saturated carbocycles. The van der Waals surface area contributed by atoms with Crippen molar-refractivity contribution in [2.75, 3.05) is 11.9 Å². The van der Waals surface area contributed by atoms with Crippen molar-refractivity contribution in [3.63, 3.8) is 0 Å². The first kappa shape index (κ1) is 16.1. The van der Waals surface area contributed by atoms with E-state index in [1.165, 1.54) is 24.3 Å². The molecule has 2 aromatic rings. The Balaban J connectivity index is 1.60. The number of carbonyl (C=O) groups excluding carboxylic acids is 2. The molecule has 0 aromatic heterocycles. The summed E-state index contributed by atoms with van der Waals surface area (Å²) in [6.45, 7) is 2.36. The van der Waals surface area contributed by atoms with Crippen LogP contribution in [0.15, 0.2) is 48.5 Å². The summed E-state index contributed by atoms with van der Waals surface area (Å²) in [6.07, 6.45) is -0.318. The van der Waals surface area contributed by atoms with Crippen molar-refractivity contribution in [2.45, 2.75) is 19.1 Å². The molecule has 6 heteroatoms. The van der Waals surface area contributed by atoms with Crippen LogP contribution in [0.5, 0.6) is 0 Å². The summed E-state index contributed by atoms with van der Waals surface area (Å²) in [5, 5.41) is 5.61. The fourth-order valence-electron chi connectivity index (χ4n) is 2.25. The fourth-order valence-corrected chi connectivity index (χ4v) is 2.25. The van der Waals surface area contributed by atoms with Crippen molar-refractivity contribution in [1.82, 2.24) is 5.32 Å². The minimum Gasteiger partial charge on any atom is -0.363 e. The Morgan fingerprint density at radius 2 is 1.75 bits per heavy atom. The molecule has 1 saturated heterocycles. The van der Waals surface area contributed by atoms with Crippen LogP contribution in [-0.4, -0.2) is 24.5 Å². The quantitative estimate of drug-likeness (QED) is 0.829. The molecular weight excluding hydrogens is 311 g/mol. The van der Waals surface area contributed by atoms with E-state index in [0.29, 0.717) is 17.9 Å². The van der Waals surface area contributed by atoms with Gasteiger partial charge < -0.3 is 15.4 Å². The molecule has 1 heterocycles. The normalized spacial score (nSPS) is 17.0. The van der Waals surface area contributed by atoms with Crippen LogP contribution in [0.25, 0.3) is 0 Å². The van der Waals surface area contributed by atoms with Gasteiger partial charge in [0.1, 0.15) is 5.82 Å². The maximum Gasteiger partial charge on any atom is 0.255 e. The van der Waals surface area contributed by atoms with Gasteiger partial charge >= 0.3 is 0 Å². The van der Waals surface area contributed by atoms with Crippen molar-refractivity contribution in [1.29, 1.82) is 0 Å². The molecule has 124 valence electrons. The molecule has 0 spiro atoms. The van der Waals surface area contributed by atoms with E-state index in [2.05, 4.69) is 10.6 Å². The highest BCUT2D eigenvalue weighted by Gasteiger charge is 2.31. The lowest BCUT2D eigenvalue weighted by Gasteiger charge is -2.14. The van der Waals surface area contributed by atoms with Gasteiger partial charge in [-0.15, -0.1) is 0 Å². The van der Waals surface area contributed by atoms with Gasteiger partial charge in [0, 0.05) is 11.3 Å². The number of hydrogen-bond donors (Lipinski definition) is 2. The summed E-state index contributed by atoms with van der Waals surface area (Å²) in [7, 11) is 0. The SMILES string of the molecule is CC(NC(=O)C1CO1)c1ccc(NC(=O)c2ccc(F)cc2)cc1. The third kappa shape index (κ3) is 3.97. The van der Waals surface area contributed by atoms with Gasteiger partial charge in [-0.05, 0) is 48.9 Å². The summed E-state index contributed by atoms with van der Waals surface area (Å²) in [6, 6.07) is 12.4.